The number of hydrogen-bond acceptors (Lipinski definition) is 3. The molecule has 0 aliphatic heterocycles. The quantitative estimate of drug-likeness (QED) is 0.881. The highest BCUT2D eigenvalue weighted by Crippen LogP contribution is 2.36. The number of ether oxygens (including phenoxy) is 1. The summed E-state index contributed by atoms with van der Waals surface area (Å²) in [6.07, 6.45) is -4.85. The Kier molecular flexibility index (Phi) is 3.13. The topological polar surface area (TPSA) is 58.1 Å². The maximum Gasteiger partial charge on any atom is 0.573 e. The minimum atomic E-state index is -4.85. The predicted molar refractivity (Wildman–Crippen MR) is 61.8 cm³/mol. The van der Waals surface area contributed by atoms with Gasteiger partial charge in [-0.25, -0.2) is 0 Å². The number of rotatable bonds is 2. The average Bonchev–Trinajstić information content (AvgIpc) is 2.60. The second kappa shape index (κ2) is 4.49. The normalized spacial score (nSPS) is 11.6. The first kappa shape index (κ1) is 13.3. The van der Waals surface area contributed by atoms with E-state index in [0.29, 0.717) is 16.8 Å². The van der Waals surface area contributed by atoms with Gasteiger partial charge in [-0.15, -0.1) is 13.2 Å². The van der Waals surface area contributed by atoms with Gasteiger partial charge in [-0.3, -0.25) is 5.10 Å². The average molecular weight is 272 g/mol. The summed E-state index contributed by atoms with van der Waals surface area (Å²) < 4.78 is 40.4. The molecular weight excluding hydrogens is 261 g/mol. The molecule has 0 atom stereocenters. The first-order valence-corrected chi connectivity index (χ1v) is 5.38. The third kappa shape index (κ3) is 2.81. The van der Waals surface area contributed by atoms with Crippen LogP contribution in [0.15, 0.2) is 18.2 Å². The van der Waals surface area contributed by atoms with Crippen LogP contribution < -0.4 is 4.74 Å². The molecule has 7 heteroatoms. The second-order valence-electron chi connectivity index (χ2n) is 4.04. The van der Waals surface area contributed by atoms with Crippen LogP contribution in [0.5, 0.6) is 11.5 Å². The zero-order valence-electron chi connectivity index (χ0n) is 10.2. The number of hydrogen-bond donors (Lipinski definition) is 2. The van der Waals surface area contributed by atoms with E-state index in [4.69, 9.17) is 0 Å². The highest BCUT2D eigenvalue weighted by atomic mass is 19.4. The van der Waals surface area contributed by atoms with Gasteiger partial charge in [0.15, 0.2) is 11.5 Å². The Morgan fingerprint density at radius 2 is 1.95 bits per heavy atom. The molecule has 0 aliphatic rings. The molecule has 19 heavy (non-hydrogen) atoms. The standard InChI is InChI=1S/C12H11F3N2O2/c1-6-11(7(2)17-16-6)8-3-4-9(18)10(5-8)19-12(13,14)15/h3-5,18H,1-2H3,(H,16,17). The molecular formula is C12H11F3N2O2. The van der Waals surface area contributed by atoms with E-state index in [0.717, 1.165) is 17.8 Å². The summed E-state index contributed by atoms with van der Waals surface area (Å²) >= 11 is 0. The number of nitrogens with zero attached hydrogens (tertiary/aromatic N) is 1. The molecule has 1 aromatic carbocycles. The fraction of sp³-hybridized carbons (Fsp3) is 0.250. The van der Waals surface area contributed by atoms with Crippen molar-refractivity contribution in [2.45, 2.75) is 20.2 Å². The first-order chi connectivity index (χ1) is 8.78. The molecule has 0 aliphatic carbocycles. The van der Waals surface area contributed by atoms with Gasteiger partial charge in [0.2, 0.25) is 0 Å². The Morgan fingerprint density at radius 3 is 2.47 bits per heavy atom. The van der Waals surface area contributed by atoms with Crippen LogP contribution in [0.3, 0.4) is 0 Å². The SMILES string of the molecule is Cc1n[nH]c(C)c1-c1ccc(O)c(OC(F)(F)F)c1. The highest BCUT2D eigenvalue weighted by Gasteiger charge is 2.32. The largest absolute Gasteiger partial charge is 0.573 e. The molecule has 0 fully saturated rings. The van der Waals surface area contributed by atoms with Gasteiger partial charge in [-0.1, -0.05) is 6.07 Å². The molecule has 102 valence electrons. The number of H-pyrrole nitrogens is 1. The van der Waals surface area contributed by atoms with Crippen molar-refractivity contribution >= 4 is 0 Å². The van der Waals surface area contributed by atoms with E-state index in [2.05, 4.69) is 14.9 Å². The third-order valence-electron chi connectivity index (χ3n) is 2.60. The summed E-state index contributed by atoms with van der Waals surface area (Å²) in [5, 5.41) is 16.1. The summed E-state index contributed by atoms with van der Waals surface area (Å²) in [6.45, 7) is 3.49. The van der Waals surface area contributed by atoms with Gasteiger partial charge < -0.3 is 9.84 Å². The van der Waals surface area contributed by atoms with E-state index in [9.17, 15) is 18.3 Å². The molecule has 0 amide bonds. The van der Waals surface area contributed by atoms with E-state index in [1.165, 1.54) is 6.07 Å². The Bertz CT molecular complexity index is 586. The molecule has 0 unspecified atom stereocenters. The van der Waals surface area contributed by atoms with Crippen molar-refractivity contribution in [3.8, 4) is 22.6 Å². The van der Waals surface area contributed by atoms with E-state index >= 15 is 0 Å². The number of phenolic OH excluding ortho intramolecular Hbond substituents is 1. The van der Waals surface area contributed by atoms with Crippen molar-refractivity contribution in [2.75, 3.05) is 0 Å². The lowest BCUT2D eigenvalue weighted by Gasteiger charge is -2.12. The number of nitrogens with one attached hydrogen (secondary N) is 1. The van der Waals surface area contributed by atoms with Crippen molar-refractivity contribution in [3.63, 3.8) is 0 Å². The van der Waals surface area contributed by atoms with Gasteiger partial charge in [0.25, 0.3) is 0 Å². The van der Waals surface area contributed by atoms with Gasteiger partial charge in [0.1, 0.15) is 0 Å². The van der Waals surface area contributed by atoms with Crippen LogP contribution in [0.1, 0.15) is 11.4 Å². The van der Waals surface area contributed by atoms with Crippen LogP contribution in [0, 0.1) is 13.8 Å². The Balaban J connectivity index is 2.47. The van der Waals surface area contributed by atoms with E-state index < -0.39 is 17.9 Å². The second-order valence-corrected chi connectivity index (χ2v) is 4.04. The van der Waals surface area contributed by atoms with Gasteiger partial charge in [-0.2, -0.15) is 5.10 Å². The minimum Gasteiger partial charge on any atom is -0.504 e. The number of benzene rings is 1. The lowest BCUT2D eigenvalue weighted by atomic mass is 10.0. The summed E-state index contributed by atoms with van der Waals surface area (Å²) in [6, 6.07) is 3.79. The van der Waals surface area contributed by atoms with Gasteiger partial charge in [0, 0.05) is 11.3 Å². The summed E-state index contributed by atoms with van der Waals surface area (Å²) in [4.78, 5) is 0. The summed E-state index contributed by atoms with van der Waals surface area (Å²) in [5.41, 5.74) is 2.55. The summed E-state index contributed by atoms with van der Waals surface area (Å²) in [7, 11) is 0. The Hall–Kier alpha value is -2.18. The van der Waals surface area contributed by atoms with E-state index in [1.54, 1.807) is 13.8 Å². The van der Waals surface area contributed by atoms with Crippen LogP contribution >= 0.6 is 0 Å². The van der Waals surface area contributed by atoms with E-state index in [-0.39, 0.29) is 0 Å². The molecule has 0 spiro atoms. The third-order valence-corrected chi connectivity index (χ3v) is 2.60. The molecule has 2 N–H and O–H groups in total. The van der Waals surface area contributed by atoms with Gasteiger partial charge >= 0.3 is 6.36 Å². The minimum absolute atomic E-state index is 0.487. The van der Waals surface area contributed by atoms with Crippen molar-refractivity contribution in [1.29, 1.82) is 0 Å². The predicted octanol–water partition coefficient (Wildman–Crippen LogP) is 3.30. The number of aryl methyl sites for hydroxylation is 2. The summed E-state index contributed by atoms with van der Waals surface area (Å²) in [5.74, 6) is -1.20. The number of aromatic hydroxyl groups is 1. The molecule has 1 aromatic heterocycles. The lowest BCUT2D eigenvalue weighted by molar-refractivity contribution is -0.275. The molecule has 0 radical (unpaired) electrons. The number of aromatic amines is 1. The monoisotopic (exact) mass is 272 g/mol. The van der Waals surface area contributed by atoms with Crippen LogP contribution in [0.2, 0.25) is 0 Å². The van der Waals surface area contributed by atoms with Crippen molar-refractivity contribution in [1.82, 2.24) is 10.2 Å². The molecule has 2 rings (SSSR count). The smallest absolute Gasteiger partial charge is 0.504 e. The lowest BCUT2D eigenvalue weighted by Crippen LogP contribution is -2.17. The van der Waals surface area contributed by atoms with Crippen molar-refractivity contribution in [2.24, 2.45) is 0 Å². The number of alkyl halides is 3. The van der Waals surface area contributed by atoms with Crippen LogP contribution in [0.25, 0.3) is 11.1 Å². The first-order valence-electron chi connectivity index (χ1n) is 5.38. The van der Waals surface area contributed by atoms with E-state index in [1.807, 2.05) is 0 Å². The Morgan fingerprint density at radius 1 is 1.26 bits per heavy atom. The highest BCUT2D eigenvalue weighted by molar-refractivity contribution is 5.71. The van der Waals surface area contributed by atoms with Crippen molar-refractivity contribution in [3.05, 3.63) is 29.6 Å². The molecule has 2 aromatic rings. The molecule has 1 heterocycles. The van der Waals surface area contributed by atoms with Gasteiger partial charge in [0.05, 0.1) is 5.69 Å². The van der Waals surface area contributed by atoms with Gasteiger partial charge in [-0.05, 0) is 31.5 Å². The molecule has 0 bridgehead atoms. The zero-order valence-corrected chi connectivity index (χ0v) is 10.2. The molecule has 4 nitrogen and oxygen atoms in total. The van der Waals surface area contributed by atoms with Crippen LogP contribution in [0.4, 0.5) is 13.2 Å². The Labute approximate surface area is 106 Å². The number of aromatic nitrogens is 2. The molecule has 0 saturated heterocycles. The fourth-order valence-corrected chi connectivity index (χ4v) is 1.85. The van der Waals surface area contributed by atoms with Crippen LogP contribution in [-0.2, 0) is 0 Å². The molecule has 0 saturated carbocycles. The number of halogens is 3. The fourth-order valence-electron chi connectivity index (χ4n) is 1.85. The number of phenols is 1. The zero-order chi connectivity index (χ0) is 14.2. The van der Waals surface area contributed by atoms with Crippen LogP contribution in [-0.4, -0.2) is 21.7 Å². The maximum absolute atomic E-state index is 12.2. The maximum atomic E-state index is 12.2. The van der Waals surface area contributed by atoms with Crippen molar-refractivity contribution < 1.29 is 23.0 Å².